The summed E-state index contributed by atoms with van der Waals surface area (Å²) in [4.78, 5) is 16.5. The van der Waals surface area contributed by atoms with E-state index in [0.717, 1.165) is 22.5 Å². The molecule has 18 heavy (non-hydrogen) atoms. The van der Waals surface area contributed by atoms with Gasteiger partial charge in [0.1, 0.15) is 0 Å². The molecule has 1 amide bonds. The molecule has 0 fully saturated rings. The van der Waals surface area contributed by atoms with Crippen LogP contribution in [-0.4, -0.2) is 5.91 Å². The van der Waals surface area contributed by atoms with Crippen LogP contribution in [0, 0.1) is 5.41 Å². The summed E-state index contributed by atoms with van der Waals surface area (Å²) in [6.45, 7) is 6.15. The molecular weight excluding hydrogens is 252 g/mol. The maximum Gasteiger partial charge on any atom is 0.225 e. The Hall–Kier alpha value is -1.08. The molecule has 0 aromatic heterocycles. The summed E-state index contributed by atoms with van der Waals surface area (Å²) in [5.74, 6) is 4.77. The van der Waals surface area contributed by atoms with Crippen LogP contribution in [0.3, 0.4) is 0 Å². The third kappa shape index (κ3) is 5.05. The van der Waals surface area contributed by atoms with Crippen LogP contribution < -0.4 is 11.2 Å². The first-order chi connectivity index (χ1) is 8.43. The molecule has 1 rings (SSSR count). The largest absolute Gasteiger partial charge is 0.352 e. The minimum Gasteiger partial charge on any atom is -0.352 e. The van der Waals surface area contributed by atoms with Gasteiger partial charge in [-0.25, -0.2) is 0 Å². The quantitative estimate of drug-likeness (QED) is 0.487. The Morgan fingerprint density at radius 1 is 1.33 bits per heavy atom. The summed E-state index contributed by atoms with van der Waals surface area (Å²) in [7, 11) is 0. The monoisotopic (exact) mass is 270 g/mol. The molecule has 6 heteroatoms. The van der Waals surface area contributed by atoms with Crippen molar-refractivity contribution >= 4 is 17.9 Å². The van der Waals surface area contributed by atoms with E-state index in [2.05, 4.69) is 14.6 Å². The normalized spacial score (nSPS) is 11.3. The average molecular weight is 270 g/mol. The topological polar surface area (TPSA) is 73.6 Å². The molecule has 1 aromatic rings. The first kappa shape index (κ1) is 15.0. The van der Waals surface area contributed by atoms with Crippen molar-refractivity contribution in [3.05, 3.63) is 29.8 Å². The van der Waals surface area contributed by atoms with E-state index in [-0.39, 0.29) is 11.3 Å². The molecule has 3 N–H and O–H groups in total. The molecule has 100 valence electrons. The summed E-state index contributed by atoms with van der Waals surface area (Å²) in [5, 5.41) is 2.88. The minimum absolute atomic E-state index is 0.0285. The van der Waals surface area contributed by atoms with Gasteiger partial charge in [-0.3, -0.25) is 4.79 Å². The summed E-state index contributed by atoms with van der Waals surface area (Å²) >= 11 is 1.02. The molecule has 0 radical (unpaired) electrons. The van der Waals surface area contributed by atoms with Crippen LogP contribution in [0.25, 0.3) is 0 Å². The molecule has 0 bridgehead atoms. The molecule has 0 saturated heterocycles. The molecule has 0 saturated carbocycles. The lowest BCUT2D eigenvalue weighted by Crippen LogP contribution is -2.34. The zero-order valence-corrected chi connectivity index (χ0v) is 11.5. The second-order valence-corrected chi connectivity index (χ2v) is 5.60. The predicted molar refractivity (Wildman–Crippen MR) is 70.0 cm³/mol. The second kappa shape index (κ2) is 6.75. The van der Waals surface area contributed by atoms with Gasteiger partial charge in [0.25, 0.3) is 0 Å². The number of amides is 1. The van der Waals surface area contributed by atoms with Crippen LogP contribution in [0.1, 0.15) is 26.3 Å². The lowest BCUT2D eigenvalue weighted by molar-refractivity contribution is -0.195. The summed E-state index contributed by atoms with van der Waals surface area (Å²) in [5.41, 5.74) is 0.646. The number of carbonyl (C=O) groups is 1. The Morgan fingerprint density at radius 3 is 2.44 bits per heavy atom. The highest BCUT2D eigenvalue weighted by Crippen LogP contribution is 2.19. The lowest BCUT2D eigenvalue weighted by atomic mass is 9.95. The Balaban J connectivity index is 2.46. The van der Waals surface area contributed by atoms with E-state index >= 15 is 0 Å². The number of carbonyl (C=O) groups excluding carboxylic acids is 1. The average Bonchev–Trinajstić information content (AvgIpc) is 2.33. The molecule has 1 aromatic carbocycles. The molecular formula is C12H18N2O3S. The Bertz CT molecular complexity index is 387. The third-order valence-electron chi connectivity index (χ3n) is 2.23. The van der Waals surface area contributed by atoms with Crippen molar-refractivity contribution in [3.8, 4) is 0 Å². The maximum atomic E-state index is 11.7. The van der Waals surface area contributed by atoms with Crippen LogP contribution in [0.2, 0.25) is 0 Å². The first-order valence-electron chi connectivity index (χ1n) is 5.51. The number of nitrogens with one attached hydrogen (secondary N) is 1. The first-order valence-corrected chi connectivity index (χ1v) is 6.25. The standard InChI is InChI=1S/C12H18N2O3S/c1-12(2,3)11(15)14-8-9-4-6-10(7-5-9)18-17-16-13/h4-7H,8,13H2,1-3H3,(H,14,15). The van der Waals surface area contributed by atoms with E-state index < -0.39 is 0 Å². The van der Waals surface area contributed by atoms with Gasteiger partial charge in [-0.15, -0.1) is 9.32 Å². The smallest absolute Gasteiger partial charge is 0.225 e. The lowest BCUT2D eigenvalue weighted by Gasteiger charge is -2.17. The zero-order chi connectivity index (χ0) is 13.6. The van der Waals surface area contributed by atoms with E-state index in [1.54, 1.807) is 0 Å². The molecule has 0 spiro atoms. The molecule has 0 aliphatic carbocycles. The van der Waals surface area contributed by atoms with Crippen molar-refractivity contribution in [2.75, 3.05) is 0 Å². The van der Waals surface area contributed by atoms with Crippen molar-refractivity contribution < 1.29 is 14.1 Å². The minimum atomic E-state index is -0.373. The third-order valence-corrected chi connectivity index (χ3v) is 2.84. The van der Waals surface area contributed by atoms with Crippen LogP contribution in [0.5, 0.6) is 0 Å². The van der Waals surface area contributed by atoms with Gasteiger partial charge in [-0.1, -0.05) is 32.9 Å². The van der Waals surface area contributed by atoms with E-state index in [1.165, 1.54) is 0 Å². The van der Waals surface area contributed by atoms with Crippen molar-refractivity contribution in [2.45, 2.75) is 32.2 Å². The highest BCUT2D eigenvalue weighted by Gasteiger charge is 2.20. The Kier molecular flexibility index (Phi) is 5.61. The molecule has 0 atom stereocenters. The van der Waals surface area contributed by atoms with Crippen molar-refractivity contribution in [3.63, 3.8) is 0 Å². The molecule has 0 unspecified atom stereocenters. The van der Waals surface area contributed by atoms with Crippen molar-refractivity contribution in [1.82, 2.24) is 5.32 Å². The fourth-order valence-corrected chi connectivity index (χ4v) is 1.53. The van der Waals surface area contributed by atoms with Crippen molar-refractivity contribution in [2.24, 2.45) is 11.3 Å². The molecule has 5 nitrogen and oxygen atoms in total. The van der Waals surface area contributed by atoms with Crippen LogP contribution in [0.4, 0.5) is 0 Å². The van der Waals surface area contributed by atoms with Gasteiger partial charge >= 0.3 is 0 Å². The number of nitrogens with two attached hydrogens (primary N) is 1. The fourth-order valence-electron chi connectivity index (χ4n) is 1.17. The van der Waals surface area contributed by atoms with Gasteiger partial charge in [0.15, 0.2) is 0 Å². The summed E-state index contributed by atoms with van der Waals surface area (Å²) in [6, 6.07) is 7.54. The SMILES string of the molecule is CC(C)(C)C(=O)NCc1ccc(SOON)cc1. The van der Waals surface area contributed by atoms with E-state index in [4.69, 9.17) is 5.90 Å². The van der Waals surface area contributed by atoms with Gasteiger partial charge in [-0.2, -0.15) is 5.90 Å². The number of rotatable bonds is 5. The highest BCUT2D eigenvalue weighted by atomic mass is 32.2. The Labute approximate surface area is 111 Å². The van der Waals surface area contributed by atoms with Crippen molar-refractivity contribution in [1.29, 1.82) is 0 Å². The summed E-state index contributed by atoms with van der Waals surface area (Å²) < 4.78 is 4.53. The van der Waals surface area contributed by atoms with Crippen LogP contribution in [0.15, 0.2) is 29.2 Å². The van der Waals surface area contributed by atoms with E-state index in [9.17, 15) is 4.79 Å². The summed E-state index contributed by atoms with van der Waals surface area (Å²) in [6.07, 6.45) is 0. The van der Waals surface area contributed by atoms with Gasteiger partial charge in [0.2, 0.25) is 5.91 Å². The fraction of sp³-hybridized carbons (Fsp3) is 0.417. The molecule has 0 aliphatic rings. The number of hydrogen-bond donors (Lipinski definition) is 2. The zero-order valence-electron chi connectivity index (χ0n) is 10.7. The van der Waals surface area contributed by atoms with Crippen LogP contribution in [-0.2, 0) is 20.7 Å². The van der Waals surface area contributed by atoms with Gasteiger partial charge in [-0.05, 0) is 17.7 Å². The van der Waals surface area contributed by atoms with Gasteiger partial charge in [0, 0.05) is 16.9 Å². The number of benzene rings is 1. The van der Waals surface area contributed by atoms with Crippen LogP contribution >= 0.6 is 12.0 Å². The predicted octanol–water partition coefficient (Wildman–Crippen LogP) is 2.18. The maximum absolute atomic E-state index is 11.7. The number of hydrogen-bond acceptors (Lipinski definition) is 5. The van der Waals surface area contributed by atoms with E-state index in [0.29, 0.717) is 6.54 Å². The Morgan fingerprint density at radius 2 is 1.94 bits per heavy atom. The van der Waals surface area contributed by atoms with E-state index in [1.807, 2.05) is 45.0 Å². The molecule has 0 aliphatic heterocycles. The second-order valence-electron chi connectivity index (χ2n) is 4.82. The molecule has 0 heterocycles. The van der Waals surface area contributed by atoms with Gasteiger partial charge in [0.05, 0.1) is 12.0 Å². The van der Waals surface area contributed by atoms with Gasteiger partial charge < -0.3 is 5.32 Å². The highest BCUT2D eigenvalue weighted by molar-refractivity contribution is 7.94.